The van der Waals surface area contributed by atoms with Gasteiger partial charge in [-0.1, -0.05) is 13.3 Å². The summed E-state index contributed by atoms with van der Waals surface area (Å²) in [4.78, 5) is 13.5. The Morgan fingerprint density at radius 2 is 2.28 bits per heavy atom. The molecule has 0 aromatic rings. The number of carbonyl (C=O) groups is 1. The molecule has 18 heavy (non-hydrogen) atoms. The van der Waals surface area contributed by atoms with Gasteiger partial charge < -0.3 is 9.84 Å². The van der Waals surface area contributed by atoms with Gasteiger partial charge in [-0.2, -0.15) is 0 Å². The van der Waals surface area contributed by atoms with Crippen LogP contribution in [0.1, 0.15) is 45.4 Å². The molecule has 2 rings (SSSR count). The van der Waals surface area contributed by atoms with E-state index in [2.05, 4.69) is 11.8 Å². The molecule has 2 heterocycles. The molecule has 0 saturated carbocycles. The minimum Gasteiger partial charge on any atom is -0.480 e. The van der Waals surface area contributed by atoms with E-state index in [1.54, 1.807) is 0 Å². The molecule has 0 aromatic carbocycles. The number of aliphatic carboxylic acids is 1. The van der Waals surface area contributed by atoms with Gasteiger partial charge in [-0.3, -0.25) is 9.69 Å². The van der Waals surface area contributed by atoms with Crippen molar-refractivity contribution in [2.75, 3.05) is 19.7 Å². The Bertz CT molecular complexity index is 276. The Kier molecular flexibility index (Phi) is 5.01. The number of ether oxygens (including phenoxy) is 1. The smallest absolute Gasteiger partial charge is 0.320 e. The average Bonchev–Trinajstić information content (AvgIpc) is 2.89. The Morgan fingerprint density at radius 3 is 2.89 bits per heavy atom. The number of hydrogen-bond acceptors (Lipinski definition) is 3. The third-order valence-corrected chi connectivity index (χ3v) is 4.45. The van der Waals surface area contributed by atoms with Gasteiger partial charge in [0.1, 0.15) is 6.04 Å². The second-order valence-corrected chi connectivity index (χ2v) is 5.61. The van der Waals surface area contributed by atoms with Crippen molar-refractivity contribution in [3.8, 4) is 0 Å². The maximum atomic E-state index is 11.3. The molecule has 0 amide bonds. The van der Waals surface area contributed by atoms with E-state index < -0.39 is 5.97 Å². The molecule has 0 aliphatic carbocycles. The van der Waals surface area contributed by atoms with Crippen molar-refractivity contribution >= 4 is 5.97 Å². The average molecular weight is 255 g/mol. The predicted molar refractivity (Wildman–Crippen MR) is 69.6 cm³/mol. The van der Waals surface area contributed by atoms with E-state index in [1.807, 2.05) is 0 Å². The quantitative estimate of drug-likeness (QED) is 0.817. The summed E-state index contributed by atoms with van der Waals surface area (Å²) in [6.07, 6.45) is 6.71. The maximum Gasteiger partial charge on any atom is 0.320 e. The van der Waals surface area contributed by atoms with Crippen LogP contribution in [0.5, 0.6) is 0 Å². The highest BCUT2D eigenvalue weighted by molar-refractivity contribution is 5.73. The molecule has 0 spiro atoms. The number of hydrogen-bond donors (Lipinski definition) is 1. The zero-order valence-electron chi connectivity index (χ0n) is 11.3. The third kappa shape index (κ3) is 3.45. The first-order valence-corrected chi connectivity index (χ1v) is 7.29. The Hall–Kier alpha value is -0.610. The Balaban J connectivity index is 1.83. The van der Waals surface area contributed by atoms with Crippen LogP contribution in [0.3, 0.4) is 0 Å². The first-order chi connectivity index (χ1) is 8.70. The fourth-order valence-electron chi connectivity index (χ4n) is 3.16. The second-order valence-electron chi connectivity index (χ2n) is 5.61. The molecule has 2 fully saturated rings. The third-order valence-electron chi connectivity index (χ3n) is 4.45. The largest absolute Gasteiger partial charge is 0.480 e. The zero-order valence-corrected chi connectivity index (χ0v) is 11.3. The lowest BCUT2D eigenvalue weighted by Gasteiger charge is -2.37. The summed E-state index contributed by atoms with van der Waals surface area (Å²) in [6.45, 7) is 4.84. The van der Waals surface area contributed by atoms with Crippen LogP contribution < -0.4 is 0 Å². The van der Waals surface area contributed by atoms with Crippen LogP contribution in [0.15, 0.2) is 0 Å². The lowest BCUT2D eigenvalue weighted by Crippen LogP contribution is -2.47. The van der Waals surface area contributed by atoms with E-state index in [9.17, 15) is 9.90 Å². The van der Waals surface area contributed by atoms with Gasteiger partial charge >= 0.3 is 5.97 Å². The fourth-order valence-corrected chi connectivity index (χ4v) is 3.16. The van der Waals surface area contributed by atoms with Gasteiger partial charge in [-0.05, 0) is 44.6 Å². The topological polar surface area (TPSA) is 49.8 Å². The predicted octanol–water partition coefficient (Wildman–Crippen LogP) is 2.13. The molecule has 4 nitrogen and oxygen atoms in total. The molecule has 2 saturated heterocycles. The fraction of sp³-hybridized carbons (Fsp3) is 0.929. The van der Waals surface area contributed by atoms with Crippen LogP contribution in [0, 0.1) is 5.92 Å². The second kappa shape index (κ2) is 6.53. The van der Waals surface area contributed by atoms with Gasteiger partial charge in [0.2, 0.25) is 0 Å². The highest BCUT2D eigenvalue weighted by Crippen LogP contribution is 2.26. The van der Waals surface area contributed by atoms with Gasteiger partial charge in [0.15, 0.2) is 0 Å². The Morgan fingerprint density at radius 1 is 1.44 bits per heavy atom. The summed E-state index contributed by atoms with van der Waals surface area (Å²) in [7, 11) is 0. The number of likely N-dealkylation sites (tertiary alicyclic amines) is 1. The van der Waals surface area contributed by atoms with E-state index in [0.29, 0.717) is 12.0 Å². The number of rotatable bonds is 5. The molecule has 1 N–H and O–H groups in total. The van der Waals surface area contributed by atoms with Crippen LogP contribution in [-0.4, -0.2) is 47.8 Å². The molecular formula is C14H25NO3. The monoisotopic (exact) mass is 255 g/mol. The van der Waals surface area contributed by atoms with E-state index >= 15 is 0 Å². The molecule has 0 bridgehead atoms. The molecular weight excluding hydrogens is 230 g/mol. The number of carboxylic acid groups (broad SMARTS) is 1. The highest BCUT2D eigenvalue weighted by Gasteiger charge is 2.32. The molecule has 2 aliphatic heterocycles. The van der Waals surface area contributed by atoms with Crippen molar-refractivity contribution in [3.05, 3.63) is 0 Å². The van der Waals surface area contributed by atoms with Crippen LogP contribution in [-0.2, 0) is 9.53 Å². The molecule has 0 radical (unpaired) electrons. The van der Waals surface area contributed by atoms with Crippen molar-refractivity contribution in [2.24, 2.45) is 5.92 Å². The van der Waals surface area contributed by atoms with E-state index in [4.69, 9.17) is 4.74 Å². The van der Waals surface area contributed by atoms with Crippen molar-refractivity contribution in [2.45, 2.75) is 57.6 Å². The number of piperidine rings is 1. The molecule has 3 unspecified atom stereocenters. The van der Waals surface area contributed by atoms with Gasteiger partial charge in [-0.25, -0.2) is 0 Å². The van der Waals surface area contributed by atoms with Crippen molar-refractivity contribution in [1.82, 2.24) is 4.90 Å². The van der Waals surface area contributed by atoms with Gasteiger partial charge in [0.05, 0.1) is 6.10 Å². The molecule has 3 atom stereocenters. The van der Waals surface area contributed by atoms with Crippen molar-refractivity contribution < 1.29 is 14.6 Å². The van der Waals surface area contributed by atoms with Crippen LogP contribution in [0.4, 0.5) is 0 Å². The molecule has 0 aromatic heterocycles. The van der Waals surface area contributed by atoms with Crippen LogP contribution in [0.25, 0.3) is 0 Å². The van der Waals surface area contributed by atoms with E-state index in [-0.39, 0.29) is 6.04 Å². The molecule has 4 heteroatoms. The molecule has 2 aliphatic rings. The summed E-state index contributed by atoms with van der Waals surface area (Å²) in [5, 5.41) is 9.34. The maximum absolute atomic E-state index is 11.3. The minimum absolute atomic E-state index is 0.273. The van der Waals surface area contributed by atoms with E-state index in [1.165, 1.54) is 0 Å². The SMILES string of the molecule is CCC1CCN(CCC2CCCO2)C(C(=O)O)C1. The van der Waals surface area contributed by atoms with Gasteiger partial charge in [-0.15, -0.1) is 0 Å². The first kappa shape index (κ1) is 13.8. The normalized spacial score (nSPS) is 33.7. The lowest BCUT2D eigenvalue weighted by atomic mass is 9.88. The summed E-state index contributed by atoms with van der Waals surface area (Å²) in [5.74, 6) is -0.0643. The number of carboxylic acids is 1. The summed E-state index contributed by atoms with van der Waals surface area (Å²) in [6, 6.07) is -0.273. The summed E-state index contributed by atoms with van der Waals surface area (Å²) >= 11 is 0. The van der Waals surface area contributed by atoms with Crippen molar-refractivity contribution in [3.63, 3.8) is 0 Å². The minimum atomic E-state index is -0.652. The highest BCUT2D eigenvalue weighted by atomic mass is 16.5. The first-order valence-electron chi connectivity index (χ1n) is 7.29. The molecule has 104 valence electrons. The summed E-state index contributed by atoms with van der Waals surface area (Å²) < 4.78 is 5.61. The van der Waals surface area contributed by atoms with Crippen LogP contribution >= 0.6 is 0 Å². The number of nitrogens with zero attached hydrogens (tertiary/aromatic N) is 1. The zero-order chi connectivity index (χ0) is 13.0. The van der Waals surface area contributed by atoms with Gasteiger partial charge in [0.25, 0.3) is 0 Å². The van der Waals surface area contributed by atoms with Crippen LogP contribution in [0.2, 0.25) is 0 Å². The van der Waals surface area contributed by atoms with Gasteiger partial charge in [0, 0.05) is 13.2 Å². The lowest BCUT2D eigenvalue weighted by molar-refractivity contribution is -0.145. The van der Waals surface area contributed by atoms with E-state index in [0.717, 1.165) is 58.2 Å². The Labute approximate surface area is 109 Å². The standard InChI is InChI=1S/C14H25NO3/c1-2-11-5-7-15(13(10-11)14(16)17)8-6-12-4-3-9-18-12/h11-13H,2-10H2,1H3,(H,16,17). The van der Waals surface area contributed by atoms with Crippen molar-refractivity contribution in [1.29, 1.82) is 0 Å². The summed E-state index contributed by atoms with van der Waals surface area (Å²) in [5.41, 5.74) is 0.